The van der Waals surface area contributed by atoms with Crippen LogP contribution in [0.15, 0.2) is 78.9 Å². The van der Waals surface area contributed by atoms with Crippen molar-refractivity contribution in [3.05, 3.63) is 84.4 Å². The monoisotopic (exact) mass is 464 g/mol. The summed E-state index contributed by atoms with van der Waals surface area (Å²) in [5.41, 5.74) is 1.24. The number of amides is 1. The van der Waals surface area contributed by atoms with E-state index in [0.717, 1.165) is 17.2 Å². The molecule has 0 spiro atoms. The Kier molecular flexibility index (Phi) is 9.08. The van der Waals surface area contributed by atoms with Gasteiger partial charge in [0.25, 0.3) is 5.91 Å². The van der Waals surface area contributed by atoms with E-state index >= 15 is 0 Å². The third-order valence-electron chi connectivity index (χ3n) is 4.40. The molecule has 0 saturated heterocycles. The summed E-state index contributed by atoms with van der Waals surface area (Å²) in [6, 6.07) is 23.8. The molecular weight excluding hydrogens is 436 g/mol. The third-order valence-corrected chi connectivity index (χ3v) is 4.61. The van der Waals surface area contributed by atoms with Crippen LogP contribution in [0.2, 0.25) is 0 Å². The second-order valence-electron chi connectivity index (χ2n) is 7.67. The summed E-state index contributed by atoms with van der Waals surface area (Å²) in [4.78, 5) is 12.5. The molecule has 7 heteroatoms. The highest BCUT2D eigenvalue weighted by molar-refractivity contribution is 7.80. The van der Waals surface area contributed by atoms with E-state index in [4.69, 9.17) is 26.4 Å². The summed E-state index contributed by atoms with van der Waals surface area (Å²) < 4.78 is 16.9. The van der Waals surface area contributed by atoms with E-state index in [2.05, 4.69) is 24.5 Å². The smallest absolute Gasteiger partial charge is 0.257 e. The highest BCUT2D eigenvalue weighted by Gasteiger charge is 2.09. The number of nitrogens with one attached hydrogen (secondary N) is 2. The zero-order valence-corrected chi connectivity index (χ0v) is 19.6. The van der Waals surface area contributed by atoms with Crippen molar-refractivity contribution in [2.24, 2.45) is 5.92 Å². The van der Waals surface area contributed by atoms with E-state index in [9.17, 15) is 4.79 Å². The molecule has 2 N–H and O–H groups in total. The molecule has 0 aliphatic heterocycles. The molecule has 0 aromatic heterocycles. The van der Waals surface area contributed by atoms with Gasteiger partial charge in [-0.25, -0.2) is 0 Å². The van der Waals surface area contributed by atoms with Gasteiger partial charge in [-0.1, -0.05) is 32.0 Å². The standard InChI is InChI=1S/C26H28N2O4S/c1-19(2)18-32-24-14-10-21(11-15-24)27-26(33)28-25(29)20-8-12-23(13-9-20)31-17-16-30-22-6-4-3-5-7-22/h3-15,19H,16-18H2,1-2H3,(H2,27,28,29,33). The van der Waals surface area contributed by atoms with Crippen LogP contribution in [0.3, 0.4) is 0 Å². The van der Waals surface area contributed by atoms with E-state index in [1.54, 1.807) is 24.3 Å². The summed E-state index contributed by atoms with van der Waals surface area (Å²) in [6.45, 7) is 5.68. The molecule has 0 radical (unpaired) electrons. The van der Waals surface area contributed by atoms with Crippen LogP contribution >= 0.6 is 12.2 Å². The SMILES string of the molecule is CC(C)COc1ccc(NC(=S)NC(=O)c2ccc(OCCOc3ccccc3)cc2)cc1. The molecule has 0 aliphatic carbocycles. The molecule has 1 amide bonds. The molecule has 33 heavy (non-hydrogen) atoms. The minimum atomic E-state index is -0.302. The average molecular weight is 465 g/mol. The maximum absolute atomic E-state index is 12.5. The van der Waals surface area contributed by atoms with Gasteiger partial charge in [-0.05, 0) is 78.8 Å². The van der Waals surface area contributed by atoms with Crippen molar-refractivity contribution in [3.8, 4) is 17.2 Å². The molecule has 0 saturated carbocycles. The number of thiocarbonyl (C=S) groups is 1. The zero-order chi connectivity index (χ0) is 23.5. The predicted molar refractivity (Wildman–Crippen MR) is 134 cm³/mol. The lowest BCUT2D eigenvalue weighted by Crippen LogP contribution is -2.34. The van der Waals surface area contributed by atoms with Gasteiger partial charge in [-0.3, -0.25) is 10.1 Å². The lowest BCUT2D eigenvalue weighted by molar-refractivity contribution is 0.0977. The number of hydrogen-bond acceptors (Lipinski definition) is 5. The molecule has 3 aromatic rings. The summed E-state index contributed by atoms with van der Waals surface area (Å²) in [7, 11) is 0. The van der Waals surface area contributed by atoms with E-state index in [1.165, 1.54) is 0 Å². The first-order chi connectivity index (χ1) is 16.0. The van der Waals surface area contributed by atoms with Crippen LogP contribution in [0.4, 0.5) is 5.69 Å². The van der Waals surface area contributed by atoms with E-state index < -0.39 is 0 Å². The third kappa shape index (κ3) is 8.46. The van der Waals surface area contributed by atoms with Crippen molar-refractivity contribution in [1.29, 1.82) is 0 Å². The van der Waals surface area contributed by atoms with Gasteiger partial charge in [0.15, 0.2) is 5.11 Å². The minimum Gasteiger partial charge on any atom is -0.493 e. The van der Waals surface area contributed by atoms with Crippen molar-refractivity contribution in [2.45, 2.75) is 13.8 Å². The largest absolute Gasteiger partial charge is 0.493 e. The van der Waals surface area contributed by atoms with Crippen molar-refractivity contribution >= 4 is 28.9 Å². The van der Waals surface area contributed by atoms with Crippen LogP contribution in [-0.4, -0.2) is 30.8 Å². The fourth-order valence-electron chi connectivity index (χ4n) is 2.77. The number of para-hydroxylation sites is 1. The van der Waals surface area contributed by atoms with Crippen LogP contribution in [0.25, 0.3) is 0 Å². The second-order valence-corrected chi connectivity index (χ2v) is 8.08. The first-order valence-corrected chi connectivity index (χ1v) is 11.2. The maximum Gasteiger partial charge on any atom is 0.257 e. The van der Waals surface area contributed by atoms with E-state index in [1.807, 2.05) is 54.6 Å². The molecule has 172 valence electrons. The number of carbonyl (C=O) groups excluding carboxylic acids is 1. The molecule has 0 aliphatic rings. The lowest BCUT2D eigenvalue weighted by atomic mass is 10.2. The molecule has 0 atom stereocenters. The first-order valence-electron chi connectivity index (χ1n) is 10.8. The Hall–Kier alpha value is -3.58. The topological polar surface area (TPSA) is 68.8 Å². The van der Waals surface area contributed by atoms with Gasteiger partial charge in [-0.15, -0.1) is 0 Å². The molecule has 3 rings (SSSR count). The molecule has 0 fully saturated rings. The van der Waals surface area contributed by atoms with Crippen molar-refractivity contribution in [3.63, 3.8) is 0 Å². The normalized spacial score (nSPS) is 10.4. The van der Waals surface area contributed by atoms with Crippen molar-refractivity contribution in [1.82, 2.24) is 5.32 Å². The van der Waals surface area contributed by atoms with Crippen LogP contribution in [0, 0.1) is 5.92 Å². The van der Waals surface area contributed by atoms with E-state index in [-0.39, 0.29) is 11.0 Å². The Labute approximate surface area is 199 Å². The average Bonchev–Trinajstić information content (AvgIpc) is 2.82. The molecule has 0 bridgehead atoms. The summed E-state index contributed by atoms with van der Waals surface area (Å²) in [6.07, 6.45) is 0. The summed E-state index contributed by atoms with van der Waals surface area (Å²) >= 11 is 5.25. The zero-order valence-electron chi connectivity index (χ0n) is 18.7. The molecule has 3 aromatic carbocycles. The van der Waals surface area contributed by atoms with Gasteiger partial charge in [0.2, 0.25) is 0 Å². The predicted octanol–water partition coefficient (Wildman–Crippen LogP) is 5.31. The number of rotatable bonds is 10. The fraction of sp³-hybridized carbons (Fsp3) is 0.231. The molecular formula is C26H28N2O4S. The Bertz CT molecular complexity index is 1020. The number of ether oxygens (including phenoxy) is 3. The minimum absolute atomic E-state index is 0.217. The Morgan fingerprint density at radius 1 is 0.788 bits per heavy atom. The van der Waals surface area contributed by atoms with Crippen LogP contribution in [0.1, 0.15) is 24.2 Å². The number of hydrogen-bond donors (Lipinski definition) is 2. The van der Waals surface area contributed by atoms with Gasteiger partial charge in [-0.2, -0.15) is 0 Å². The molecule has 0 unspecified atom stereocenters. The van der Waals surface area contributed by atoms with Gasteiger partial charge < -0.3 is 19.5 Å². The number of anilines is 1. The van der Waals surface area contributed by atoms with Crippen LogP contribution < -0.4 is 24.8 Å². The first kappa shape index (κ1) is 24.1. The van der Waals surface area contributed by atoms with Gasteiger partial charge in [0.05, 0.1) is 6.61 Å². The second kappa shape index (κ2) is 12.5. The van der Waals surface area contributed by atoms with Crippen LogP contribution in [0.5, 0.6) is 17.2 Å². The van der Waals surface area contributed by atoms with Gasteiger partial charge in [0, 0.05) is 11.3 Å². The molecule has 6 nitrogen and oxygen atoms in total. The van der Waals surface area contributed by atoms with Crippen LogP contribution in [-0.2, 0) is 0 Å². The lowest BCUT2D eigenvalue weighted by Gasteiger charge is -2.12. The Balaban J connectivity index is 1.40. The van der Waals surface area contributed by atoms with Gasteiger partial charge >= 0.3 is 0 Å². The number of carbonyl (C=O) groups is 1. The maximum atomic E-state index is 12.5. The quantitative estimate of drug-likeness (QED) is 0.313. The summed E-state index contributed by atoms with van der Waals surface area (Å²) in [5, 5.41) is 5.89. The fourth-order valence-corrected chi connectivity index (χ4v) is 2.98. The van der Waals surface area contributed by atoms with Crippen molar-refractivity contribution in [2.75, 3.05) is 25.1 Å². The Morgan fingerprint density at radius 2 is 1.33 bits per heavy atom. The highest BCUT2D eigenvalue weighted by Crippen LogP contribution is 2.17. The summed E-state index contributed by atoms with van der Waals surface area (Å²) in [5.74, 6) is 2.40. The highest BCUT2D eigenvalue weighted by atomic mass is 32.1. The Morgan fingerprint density at radius 3 is 1.94 bits per heavy atom. The van der Waals surface area contributed by atoms with Gasteiger partial charge in [0.1, 0.15) is 30.5 Å². The van der Waals surface area contributed by atoms with E-state index in [0.29, 0.717) is 37.1 Å². The number of benzene rings is 3. The molecule has 0 heterocycles. The van der Waals surface area contributed by atoms with Crippen molar-refractivity contribution < 1.29 is 19.0 Å².